The second-order valence-corrected chi connectivity index (χ2v) is 3.88. The van der Waals surface area contributed by atoms with Crippen LogP contribution in [-0.2, 0) is 0 Å². The van der Waals surface area contributed by atoms with Crippen LogP contribution in [0.1, 0.15) is 22.2 Å². The lowest BCUT2D eigenvalue weighted by atomic mass is 10.1. The molecule has 2 N–H and O–H groups in total. The Morgan fingerprint density at radius 3 is 2.53 bits per heavy atom. The Labute approximate surface area is 107 Å². The van der Waals surface area contributed by atoms with Crippen LogP contribution >= 0.6 is 0 Å². The molecule has 0 aliphatic rings. The van der Waals surface area contributed by atoms with Crippen molar-refractivity contribution in [3.63, 3.8) is 0 Å². The summed E-state index contributed by atoms with van der Waals surface area (Å²) < 4.78 is 31.0. The molecule has 1 heterocycles. The van der Waals surface area contributed by atoms with E-state index in [-0.39, 0.29) is 5.56 Å². The predicted molar refractivity (Wildman–Crippen MR) is 62.4 cm³/mol. The van der Waals surface area contributed by atoms with Gasteiger partial charge in [-0.15, -0.1) is 0 Å². The zero-order valence-electron chi connectivity index (χ0n) is 9.77. The number of carbonyl (C=O) groups is 1. The fourth-order valence-corrected chi connectivity index (χ4v) is 1.62. The highest BCUT2D eigenvalue weighted by Gasteiger charge is 2.18. The number of hydrogen-bond donors (Lipinski definition) is 2. The summed E-state index contributed by atoms with van der Waals surface area (Å²) in [5.74, 6) is -2.03. The molecule has 1 amide bonds. The molecule has 1 aromatic heterocycles. The lowest BCUT2D eigenvalue weighted by molar-refractivity contribution is 0.0906. The van der Waals surface area contributed by atoms with Crippen LogP contribution in [0.2, 0.25) is 0 Å². The number of hydrogen-bond acceptors (Lipinski definition) is 3. The first kappa shape index (κ1) is 13.2. The van der Waals surface area contributed by atoms with Crippen molar-refractivity contribution in [3.8, 4) is 0 Å². The van der Waals surface area contributed by atoms with Crippen LogP contribution in [0.15, 0.2) is 41.0 Å². The van der Waals surface area contributed by atoms with E-state index < -0.39 is 30.2 Å². The summed E-state index contributed by atoms with van der Waals surface area (Å²) in [6.07, 6.45) is 1.39. The largest absolute Gasteiger partial charge is 0.467 e. The van der Waals surface area contributed by atoms with Gasteiger partial charge < -0.3 is 14.8 Å². The van der Waals surface area contributed by atoms with Gasteiger partial charge in [-0.2, -0.15) is 0 Å². The fraction of sp³-hybridized carbons (Fsp3) is 0.154. The van der Waals surface area contributed by atoms with Crippen LogP contribution in [0.3, 0.4) is 0 Å². The molecule has 1 unspecified atom stereocenters. The molecule has 0 aliphatic carbocycles. The van der Waals surface area contributed by atoms with Gasteiger partial charge in [-0.3, -0.25) is 4.79 Å². The molecular weight excluding hydrogens is 256 g/mol. The Balaban J connectivity index is 2.15. The van der Waals surface area contributed by atoms with Gasteiger partial charge in [-0.05, 0) is 24.3 Å². The van der Waals surface area contributed by atoms with Crippen molar-refractivity contribution in [2.24, 2.45) is 0 Å². The molecule has 0 aliphatic heterocycles. The Hall–Kier alpha value is -2.21. The Bertz CT molecular complexity index is 549. The minimum absolute atomic E-state index is 0.164. The van der Waals surface area contributed by atoms with Gasteiger partial charge in [0.15, 0.2) is 0 Å². The lowest BCUT2D eigenvalue weighted by Gasteiger charge is -2.13. The molecule has 19 heavy (non-hydrogen) atoms. The van der Waals surface area contributed by atoms with Gasteiger partial charge in [-0.1, -0.05) is 0 Å². The molecule has 0 bridgehead atoms. The SMILES string of the molecule is O=C(NC(CO)c1ccco1)c1cc(F)cc(F)c1. The molecule has 0 fully saturated rings. The van der Waals surface area contributed by atoms with E-state index >= 15 is 0 Å². The van der Waals surface area contributed by atoms with Gasteiger partial charge in [0.2, 0.25) is 0 Å². The van der Waals surface area contributed by atoms with Crippen LogP contribution in [0, 0.1) is 11.6 Å². The van der Waals surface area contributed by atoms with Crippen LogP contribution in [0.4, 0.5) is 8.78 Å². The van der Waals surface area contributed by atoms with Gasteiger partial charge in [0.25, 0.3) is 5.91 Å². The number of aliphatic hydroxyl groups is 1. The molecule has 0 spiro atoms. The van der Waals surface area contributed by atoms with E-state index in [1.165, 1.54) is 6.26 Å². The van der Waals surface area contributed by atoms with E-state index in [0.717, 1.165) is 12.1 Å². The lowest BCUT2D eigenvalue weighted by Crippen LogP contribution is -2.30. The minimum atomic E-state index is -0.844. The zero-order valence-corrected chi connectivity index (χ0v) is 9.77. The Morgan fingerprint density at radius 1 is 1.32 bits per heavy atom. The second-order valence-electron chi connectivity index (χ2n) is 3.88. The first-order valence-electron chi connectivity index (χ1n) is 5.51. The average Bonchev–Trinajstić information content (AvgIpc) is 2.88. The number of nitrogens with one attached hydrogen (secondary N) is 1. The number of rotatable bonds is 4. The molecule has 100 valence electrons. The van der Waals surface area contributed by atoms with Gasteiger partial charge in [0, 0.05) is 11.6 Å². The molecule has 1 aromatic carbocycles. The minimum Gasteiger partial charge on any atom is -0.467 e. The molecule has 2 rings (SSSR count). The van der Waals surface area contributed by atoms with Gasteiger partial charge >= 0.3 is 0 Å². The quantitative estimate of drug-likeness (QED) is 0.890. The molecule has 4 nitrogen and oxygen atoms in total. The maximum absolute atomic E-state index is 13.0. The standard InChI is InChI=1S/C13H11F2NO3/c14-9-4-8(5-10(15)6-9)13(18)16-11(7-17)12-2-1-3-19-12/h1-6,11,17H,7H2,(H,16,18). The third kappa shape index (κ3) is 3.17. The van der Waals surface area contributed by atoms with Crippen LogP contribution in [-0.4, -0.2) is 17.6 Å². The number of amides is 1. The normalized spacial score (nSPS) is 12.2. The first-order chi connectivity index (χ1) is 9.10. The summed E-state index contributed by atoms with van der Waals surface area (Å²) >= 11 is 0. The smallest absolute Gasteiger partial charge is 0.252 e. The van der Waals surface area contributed by atoms with Crippen molar-refractivity contribution < 1.29 is 23.1 Å². The van der Waals surface area contributed by atoms with Crippen LogP contribution < -0.4 is 5.32 Å². The molecular formula is C13H11F2NO3. The second kappa shape index (κ2) is 5.62. The van der Waals surface area contributed by atoms with Gasteiger partial charge in [-0.25, -0.2) is 8.78 Å². The van der Waals surface area contributed by atoms with E-state index in [9.17, 15) is 18.7 Å². The van der Waals surface area contributed by atoms with Crippen molar-refractivity contribution in [1.29, 1.82) is 0 Å². The summed E-state index contributed by atoms with van der Waals surface area (Å²) in [7, 11) is 0. The Kier molecular flexibility index (Phi) is 3.91. The number of furan rings is 1. The van der Waals surface area contributed by atoms with Crippen molar-refractivity contribution in [3.05, 3.63) is 59.6 Å². The number of aliphatic hydroxyl groups excluding tert-OH is 1. The van der Waals surface area contributed by atoms with E-state index in [1.807, 2.05) is 0 Å². The third-order valence-electron chi connectivity index (χ3n) is 2.50. The number of benzene rings is 1. The zero-order chi connectivity index (χ0) is 13.8. The fourth-order valence-electron chi connectivity index (χ4n) is 1.62. The van der Waals surface area contributed by atoms with Crippen LogP contribution in [0.5, 0.6) is 0 Å². The van der Waals surface area contributed by atoms with Crippen molar-refractivity contribution in [2.75, 3.05) is 6.61 Å². The van der Waals surface area contributed by atoms with E-state index in [2.05, 4.69) is 5.32 Å². The molecule has 1 atom stereocenters. The monoisotopic (exact) mass is 267 g/mol. The van der Waals surface area contributed by atoms with E-state index in [1.54, 1.807) is 12.1 Å². The topological polar surface area (TPSA) is 62.5 Å². The van der Waals surface area contributed by atoms with Gasteiger partial charge in [0.1, 0.15) is 23.4 Å². The maximum Gasteiger partial charge on any atom is 0.252 e. The summed E-state index contributed by atoms with van der Waals surface area (Å²) in [5.41, 5.74) is -0.164. The van der Waals surface area contributed by atoms with Crippen molar-refractivity contribution in [1.82, 2.24) is 5.32 Å². The summed E-state index contributed by atoms with van der Waals surface area (Å²) in [4.78, 5) is 11.8. The highest BCUT2D eigenvalue weighted by atomic mass is 19.1. The van der Waals surface area contributed by atoms with Crippen LogP contribution in [0.25, 0.3) is 0 Å². The van der Waals surface area contributed by atoms with Crippen molar-refractivity contribution >= 4 is 5.91 Å². The summed E-state index contributed by atoms with van der Waals surface area (Å²) in [6.45, 7) is -0.392. The Morgan fingerprint density at radius 2 is 2.00 bits per heavy atom. The van der Waals surface area contributed by atoms with Gasteiger partial charge in [0.05, 0.1) is 12.9 Å². The average molecular weight is 267 g/mol. The summed E-state index contributed by atoms with van der Waals surface area (Å²) in [5, 5.41) is 11.6. The number of carbonyl (C=O) groups excluding carboxylic acids is 1. The number of halogens is 2. The summed E-state index contributed by atoms with van der Waals surface area (Å²) in [6, 6.07) is 4.91. The molecule has 2 aromatic rings. The van der Waals surface area contributed by atoms with E-state index in [4.69, 9.17) is 4.42 Å². The van der Waals surface area contributed by atoms with E-state index in [0.29, 0.717) is 11.8 Å². The predicted octanol–water partition coefficient (Wildman–Crippen LogP) is 2.02. The molecule has 0 radical (unpaired) electrons. The maximum atomic E-state index is 13.0. The first-order valence-corrected chi connectivity index (χ1v) is 5.51. The highest BCUT2D eigenvalue weighted by molar-refractivity contribution is 5.94. The molecule has 0 saturated heterocycles. The molecule has 0 saturated carbocycles. The third-order valence-corrected chi connectivity index (χ3v) is 2.50. The highest BCUT2D eigenvalue weighted by Crippen LogP contribution is 2.14. The molecule has 6 heteroatoms. The van der Waals surface area contributed by atoms with Crippen molar-refractivity contribution in [2.45, 2.75) is 6.04 Å².